The predicted octanol–water partition coefficient (Wildman–Crippen LogP) is 3.78. The van der Waals surface area contributed by atoms with E-state index in [1.165, 1.54) is 23.8 Å². The lowest BCUT2D eigenvalue weighted by atomic mass is 10.1. The van der Waals surface area contributed by atoms with Crippen molar-refractivity contribution < 1.29 is 14.3 Å². The summed E-state index contributed by atoms with van der Waals surface area (Å²) < 4.78 is 9.95. The number of rotatable bonds is 6. The molecule has 0 bridgehead atoms. The molecule has 0 aliphatic heterocycles. The maximum atomic E-state index is 11.1. The summed E-state index contributed by atoms with van der Waals surface area (Å²) in [4.78, 5) is 11.1. The molecule has 4 nitrogen and oxygen atoms in total. The molecule has 0 aliphatic rings. The van der Waals surface area contributed by atoms with E-state index < -0.39 is 0 Å². The molecule has 2 aromatic rings. The molecular weight excluding hydrogens is 290 g/mol. The van der Waals surface area contributed by atoms with Crippen LogP contribution in [0.4, 0.5) is 5.69 Å². The van der Waals surface area contributed by atoms with Crippen molar-refractivity contribution in [2.45, 2.75) is 27.3 Å². The Bertz CT molecular complexity index is 695. The second-order valence-corrected chi connectivity index (χ2v) is 5.63. The molecule has 0 amide bonds. The lowest BCUT2D eigenvalue weighted by Crippen LogP contribution is -2.12. The van der Waals surface area contributed by atoms with Crippen molar-refractivity contribution >= 4 is 11.7 Å². The Morgan fingerprint density at radius 2 is 1.83 bits per heavy atom. The Labute approximate surface area is 137 Å². The number of nitrogens with one attached hydrogen (secondary N) is 1. The molecule has 1 N–H and O–H groups in total. The molecule has 0 atom stereocenters. The lowest BCUT2D eigenvalue weighted by molar-refractivity contribution is -0.142. The third-order valence-corrected chi connectivity index (χ3v) is 3.76. The van der Waals surface area contributed by atoms with Gasteiger partial charge in [0.1, 0.15) is 5.75 Å². The zero-order chi connectivity index (χ0) is 16.8. The number of carbonyl (C=O) groups is 1. The number of methoxy groups -OCH3 is 1. The van der Waals surface area contributed by atoms with Crippen LogP contribution in [-0.4, -0.2) is 19.7 Å². The summed E-state index contributed by atoms with van der Waals surface area (Å²) in [5.74, 6) is 0.268. The van der Waals surface area contributed by atoms with Gasteiger partial charge in [0.25, 0.3) is 0 Å². The van der Waals surface area contributed by atoms with Gasteiger partial charge < -0.3 is 14.8 Å². The van der Waals surface area contributed by atoms with Gasteiger partial charge in [-0.15, -0.1) is 0 Å². The topological polar surface area (TPSA) is 47.6 Å². The minimum absolute atomic E-state index is 0.0782. The Balaban J connectivity index is 2.01. The highest BCUT2D eigenvalue weighted by molar-refractivity contribution is 5.71. The molecule has 23 heavy (non-hydrogen) atoms. The van der Waals surface area contributed by atoms with Crippen molar-refractivity contribution in [3.8, 4) is 5.75 Å². The van der Waals surface area contributed by atoms with Crippen LogP contribution in [0.15, 0.2) is 36.4 Å². The summed E-state index contributed by atoms with van der Waals surface area (Å²) in [6.07, 6.45) is 0. The standard InChI is InChI=1S/C19H23NO3/c1-13-5-6-14(2)16(9-13)11-20-18-8-7-17(10-15(18)3)23-12-19(21)22-4/h5-10,20H,11-12H2,1-4H3. The van der Waals surface area contributed by atoms with Crippen LogP contribution in [0.25, 0.3) is 0 Å². The van der Waals surface area contributed by atoms with Crippen molar-refractivity contribution in [1.82, 2.24) is 0 Å². The molecule has 0 unspecified atom stereocenters. The van der Waals surface area contributed by atoms with E-state index in [0.717, 1.165) is 17.8 Å². The van der Waals surface area contributed by atoms with Gasteiger partial charge in [-0.2, -0.15) is 0 Å². The number of ether oxygens (including phenoxy) is 2. The second-order valence-electron chi connectivity index (χ2n) is 5.63. The van der Waals surface area contributed by atoms with Crippen LogP contribution in [0, 0.1) is 20.8 Å². The smallest absolute Gasteiger partial charge is 0.343 e. The fraction of sp³-hybridized carbons (Fsp3) is 0.316. The van der Waals surface area contributed by atoms with Gasteiger partial charge in [-0.05, 0) is 55.7 Å². The van der Waals surface area contributed by atoms with Gasteiger partial charge in [-0.25, -0.2) is 4.79 Å². The summed E-state index contributed by atoms with van der Waals surface area (Å²) in [5.41, 5.74) is 5.94. The Morgan fingerprint density at radius 1 is 1.04 bits per heavy atom. The van der Waals surface area contributed by atoms with E-state index >= 15 is 0 Å². The van der Waals surface area contributed by atoms with E-state index in [9.17, 15) is 4.79 Å². The number of hydrogen-bond donors (Lipinski definition) is 1. The molecule has 0 fully saturated rings. The quantitative estimate of drug-likeness (QED) is 0.825. The van der Waals surface area contributed by atoms with E-state index in [1.54, 1.807) is 0 Å². The van der Waals surface area contributed by atoms with Crippen LogP contribution in [0.2, 0.25) is 0 Å². The van der Waals surface area contributed by atoms with Crippen LogP contribution in [0.1, 0.15) is 22.3 Å². The first kappa shape index (κ1) is 16.9. The van der Waals surface area contributed by atoms with E-state index in [2.05, 4.69) is 42.1 Å². The predicted molar refractivity (Wildman–Crippen MR) is 91.9 cm³/mol. The Morgan fingerprint density at radius 3 is 2.52 bits per heavy atom. The van der Waals surface area contributed by atoms with Gasteiger partial charge >= 0.3 is 5.97 Å². The summed E-state index contributed by atoms with van der Waals surface area (Å²) >= 11 is 0. The number of carbonyl (C=O) groups excluding carboxylic acids is 1. The number of esters is 1. The monoisotopic (exact) mass is 313 g/mol. The average Bonchev–Trinajstić information content (AvgIpc) is 2.54. The lowest BCUT2D eigenvalue weighted by Gasteiger charge is -2.13. The zero-order valence-electron chi connectivity index (χ0n) is 14.1. The molecule has 0 spiro atoms. The summed E-state index contributed by atoms with van der Waals surface area (Å²) in [7, 11) is 1.34. The summed E-state index contributed by atoms with van der Waals surface area (Å²) in [6, 6.07) is 12.2. The number of anilines is 1. The molecule has 0 aliphatic carbocycles. The van der Waals surface area contributed by atoms with Crippen molar-refractivity contribution in [2.24, 2.45) is 0 Å². The van der Waals surface area contributed by atoms with E-state index in [0.29, 0.717) is 5.75 Å². The third-order valence-electron chi connectivity index (χ3n) is 3.76. The minimum atomic E-state index is -0.389. The van der Waals surface area contributed by atoms with Gasteiger partial charge in [0.05, 0.1) is 7.11 Å². The molecule has 0 saturated carbocycles. The van der Waals surface area contributed by atoms with Crippen LogP contribution < -0.4 is 10.1 Å². The van der Waals surface area contributed by atoms with Gasteiger partial charge in [-0.3, -0.25) is 0 Å². The van der Waals surface area contributed by atoms with Gasteiger partial charge in [0.15, 0.2) is 6.61 Å². The van der Waals surface area contributed by atoms with E-state index in [1.807, 2.05) is 25.1 Å². The average molecular weight is 313 g/mol. The Hall–Kier alpha value is -2.49. The highest BCUT2D eigenvalue weighted by Gasteiger charge is 2.05. The van der Waals surface area contributed by atoms with Crippen molar-refractivity contribution in [3.63, 3.8) is 0 Å². The molecule has 0 radical (unpaired) electrons. The number of aryl methyl sites for hydroxylation is 3. The molecule has 0 saturated heterocycles. The van der Waals surface area contributed by atoms with Crippen LogP contribution >= 0.6 is 0 Å². The van der Waals surface area contributed by atoms with E-state index in [4.69, 9.17) is 4.74 Å². The number of benzene rings is 2. The summed E-state index contributed by atoms with van der Waals surface area (Å²) in [6.45, 7) is 6.92. The normalized spacial score (nSPS) is 10.3. The molecule has 0 aromatic heterocycles. The molecular formula is C19H23NO3. The molecule has 2 aromatic carbocycles. The van der Waals surface area contributed by atoms with Gasteiger partial charge in [0.2, 0.25) is 0 Å². The van der Waals surface area contributed by atoms with E-state index in [-0.39, 0.29) is 12.6 Å². The first-order valence-electron chi connectivity index (χ1n) is 7.60. The Kier molecular flexibility index (Phi) is 5.63. The summed E-state index contributed by atoms with van der Waals surface area (Å²) in [5, 5.41) is 3.45. The van der Waals surface area contributed by atoms with Crippen molar-refractivity contribution in [3.05, 3.63) is 58.7 Å². The van der Waals surface area contributed by atoms with Crippen LogP contribution in [-0.2, 0) is 16.1 Å². The highest BCUT2D eigenvalue weighted by atomic mass is 16.6. The maximum Gasteiger partial charge on any atom is 0.343 e. The minimum Gasteiger partial charge on any atom is -0.482 e. The first-order valence-corrected chi connectivity index (χ1v) is 7.60. The molecule has 2 rings (SSSR count). The fourth-order valence-corrected chi connectivity index (χ4v) is 2.31. The largest absolute Gasteiger partial charge is 0.482 e. The van der Waals surface area contributed by atoms with Gasteiger partial charge in [0, 0.05) is 12.2 Å². The van der Waals surface area contributed by atoms with Gasteiger partial charge in [-0.1, -0.05) is 23.8 Å². The molecule has 0 heterocycles. The fourth-order valence-electron chi connectivity index (χ4n) is 2.31. The third kappa shape index (κ3) is 4.74. The van der Waals surface area contributed by atoms with Crippen molar-refractivity contribution in [2.75, 3.05) is 19.0 Å². The first-order chi connectivity index (χ1) is 11.0. The second kappa shape index (κ2) is 7.68. The maximum absolute atomic E-state index is 11.1. The van der Waals surface area contributed by atoms with Crippen LogP contribution in [0.3, 0.4) is 0 Å². The number of hydrogen-bond acceptors (Lipinski definition) is 4. The zero-order valence-corrected chi connectivity index (χ0v) is 14.1. The van der Waals surface area contributed by atoms with Crippen molar-refractivity contribution in [1.29, 1.82) is 0 Å². The van der Waals surface area contributed by atoms with Crippen LogP contribution in [0.5, 0.6) is 5.75 Å². The SMILES string of the molecule is COC(=O)COc1ccc(NCc2cc(C)ccc2C)c(C)c1. The molecule has 122 valence electrons. The highest BCUT2D eigenvalue weighted by Crippen LogP contribution is 2.22. The molecule has 4 heteroatoms.